The molecule has 0 atom stereocenters. The fourth-order valence-corrected chi connectivity index (χ4v) is 13.7. The van der Waals surface area contributed by atoms with Gasteiger partial charge < -0.3 is 9.80 Å². The molecule has 2 nitrogen and oxygen atoms in total. The maximum absolute atomic E-state index is 2.58. The minimum Gasteiger partial charge on any atom is -0.309 e. The standard InChI is InChI=1S/C74H60N2/c1-45-27-29-53(49-19-11-9-12-20-49)43-67(45)75(63-41-37-61-69(47(63)3)55-23-15-17-25-59(55)73(61,5)6)65-39-33-51-32-36-58-66(40-34-52-31-35-57(65)71(51)72(52)58)76(68-44-54(30-28-46(68)2)50-21-13-10-14-22-50)64-42-38-62-70(48(64)4)56-24-16-18-26-60(56)74(62,7)8/h9-44H,1-8H3. The first-order valence-corrected chi connectivity index (χ1v) is 27.0. The summed E-state index contributed by atoms with van der Waals surface area (Å²) in [5, 5.41) is 7.45. The monoisotopic (exact) mass is 976 g/mol. The van der Waals surface area contributed by atoms with Gasteiger partial charge in [0.1, 0.15) is 0 Å². The van der Waals surface area contributed by atoms with Crippen LogP contribution in [0, 0.1) is 27.7 Å². The Morgan fingerprint density at radius 2 is 0.658 bits per heavy atom. The molecule has 76 heavy (non-hydrogen) atoms. The minimum atomic E-state index is -0.109. The van der Waals surface area contributed by atoms with Crippen LogP contribution in [0.5, 0.6) is 0 Å². The second-order valence-electron chi connectivity index (χ2n) is 22.6. The third-order valence-electron chi connectivity index (χ3n) is 17.7. The van der Waals surface area contributed by atoms with Gasteiger partial charge in [-0.15, -0.1) is 0 Å². The van der Waals surface area contributed by atoms with Gasteiger partial charge in [-0.2, -0.15) is 0 Å². The number of hydrogen-bond acceptors (Lipinski definition) is 2. The number of nitrogens with zero attached hydrogens (tertiary/aromatic N) is 2. The molecular formula is C74H60N2. The molecule has 0 aliphatic heterocycles. The van der Waals surface area contributed by atoms with Crippen LogP contribution < -0.4 is 9.80 Å². The van der Waals surface area contributed by atoms with Gasteiger partial charge in [-0.05, 0) is 175 Å². The molecule has 0 aromatic heterocycles. The van der Waals surface area contributed by atoms with E-state index in [1.54, 1.807) is 0 Å². The second kappa shape index (κ2) is 16.9. The van der Waals surface area contributed by atoms with Gasteiger partial charge in [-0.1, -0.05) is 210 Å². The average molecular weight is 977 g/mol. The predicted molar refractivity (Wildman–Crippen MR) is 324 cm³/mol. The average Bonchev–Trinajstić information content (AvgIpc) is 3.94. The van der Waals surface area contributed by atoms with Crippen molar-refractivity contribution in [1.82, 2.24) is 0 Å². The van der Waals surface area contributed by atoms with Crippen molar-refractivity contribution in [2.24, 2.45) is 0 Å². The maximum Gasteiger partial charge on any atom is 0.0540 e. The molecule has 0 saturated carbocycles. The zero-order valence-electron chi connectivity index (χ0n) is 44.7. The van der Waals surface area contributed by atoms with Crippen molar-refractivity contribution in [1.29, 1.82) is 0 Å². The fraction of sp³-hybridized carbons (Fsp3) is 0.135. The zero-order chi connectivity index (χ0) is 51.8. The highest BCUT2D eigenvalue weighted by atomic mass is 15.2. The molecule has 2 aliphatic carbocycles. The lowest BCUT2D eigenvalue weighted by molar-refractivity contribution is 0.660. The maximum atomic E-state index is 2.58. The largest absolute Gasteiger partial charge is 0.309 e. The van der Waals surface area contributed by atoms with E-state index < -0.39 is 0 Å². The van der Waals surface area contributed by atoms with Crippen LogP contribution in [0.15, 0.2) is 218 Å². The highest BCUT2D eigenvalue weighted by Crippen LogP contribution is 2.57. The van der Waals surface area contributed by atoms with Crippen molar-refractivity contribution in [3.8, 4) is 44.5 Å². The Hall–Kier alpha value is -8.72. The molecule has 0 amide bonds. The molecule has 0 unspecified atom stereocenters. The normalized spacial score (nSPS) is 13.7. The summed E-state index contributed by atoms with van der Waals surface area (Å²) < 4.78 is 0. The molecule has 2 aliphatic rings. The van der Waals surface area contributed by atoms with E-state index in [1.807, 2.05) is 0 Å². The fourth-order valence-electron chi connectivity index (χ4n) is 13.7. The van der Waals surface area contributed by atoms with E-state index in [0.717, 1.165) is 11.4 Å². The quantitative estimate of drug-likeness (QED) is 0.140. The molecule has 0 saturated heterocycles. The highest BCUT2D eigenvalue weighted by Gasteiger charge is 2.39. The van der Waals surface area contributed by atoms with Gasteiger partial charge in [-0.3, -0.25) is 0 Å². The van der Waals surface area contributed by atoms with E-state index in [4.69, 9.17) is 0 Å². The number of rotatable bonds is 8. The summed E-state index contributed by atoms with van der Waals surface area (Å²) in [4.78, 5) is 5.16. The van der Waals surface area contributed by atoms with E-state index in [2.05, 4.69) is 284 Å². The van der Waals surface area contributed by atoms with Gasteiger partial charge in [0.15, 0.2) is 0 Å². The third kappa shape index (κ3) is 6.66. The molecule has 12 aromatic rings. The lowest BCUT2D eigenvalue weighted by atomic mass is 9.82. The molecule has 0 fully saturated rings. The van der Waals surface area contributed by atoms with Gasteiger partial charge in [0.25, 0.3) is 0 Å². The van der Waals surface area contributed by atoms with Crippen molar-refractivity contribution in [3.05, 3.63) is 263 Å². The third-order valence-corrected chi connectivity index (χ3v) is 17.7. The van der Waals surface area contributed by atoms with E-state index in [1.165, 1.54) is 144 Å². The first-order chi connectivity index (χ1) is 36.9. The van der Waals surface area contributed by atoms with Crippen molar-refractivity contribution in [2.45, 2.75) is 66.2 Å². The van der Waals surface area contributed by atoms with Crippen LogP contribution in [0.1, 0.15) is 72.2 Å². The number of hydrogen-bond donors (Lipinski definition) is 0. The molecule has 14 rings (SSSR count). The highest BCUT2D eigenvalue weighted by molar-refractivity contribution is 6.28. The summed E-state index contributed by atoms with van der Waals surface area (Å²) in [5.41, 5.74) is 27.5. The predicted octanol–water partition coefficient (Wildman–Crippen LogP) is 20.7. The zero-order valence-corrected chi connectivity index (χ0v) is 44.7. The Morgan fingerprint density at radius 1 is 0.289 bits per heavy atom. The summed E-state index contributed by atoms with van der Waals surface area (Å²) in [6, 6.07) is 82.3. The Kier molecular flexibility index (Phi) is 10.2. The van der Waals surface area contributed by atoms with Crippen LogP contribution in [0.4, 0.5) is 34.1 Å². The lowest BCUT2D eigenvalue weighted by Gasteiger charge is -2.33. The number of benzene rings is 12. The summed E-state index contributed by atoms with van der Waals surface area (Å²) >= 11 is 0. The van der Waals surface area contributed by atoms with E-state index in [0.29, 0.717) is 0 Å². The first kappa shape index (κ1) is 45.9. The summed E-state index contributed by atoms with van der Waals surface area (Å²) in [6.07, 6.45) is 0. The molecular weight excluding hydrogens is 917 g/mol. The van der Waals surface area contributed by atoms with Crippen molar-refractivity contribution in [2.75, 3.05) is 9.80 Å². The van der Waals surface area contributed by atoms with Gasteiger partial charge >= 0.3 is 0 Å². The Morgan fingerprint density at radius 3 is 1.08 bits per heavy atom. The second-order valence-corrected chi connectivity index (χ2v) is 22.6. The van der Waals surface area contributed by atoms with Gasteiger partial charge in [0.05, 0.1) is 11.4 Å². The van der Waals surface area contributed by atoms with Crippen molar-refractivity contribution >= 4 is 66.4 Å². The van der Waals surface area contributed by atoms with Crippen molar-refractivity contribution in [3.63, 3.8) is 0 Å². The molecule has 366 valence electrons. The van der Waals surface area contributed by atoms with Gasteiger partial charge in [-0.25, -0.2) is 0 Å². The van der Waals surface area contributed by atoms with Gasteiger partial charge in [0, 0.05) is 44.4 Å². The van der Waals surface area contributed by atoms with Crippen LogP contribution in [0.25, 0.3) is 76.8 Å². The van der Waals surface area contributed by atoms with E-state index in [9.17, 15) is 0 Å². The number of aryl methyl sites for hydroxylation is 2. The van der Waals surface area contributed by atoms with Crippen LogP contribution >= 0.6 is 0 Å². The van der Waals surface area contributed by atoms with Crippen LogP contribution in [0.3, 0.4) is 0 Å². The van der Waals surface area contributed by atoms with Crippen LogP contribution in [0.2, 0.25) is 0 Å². The minimum absolute atomic E-state index is 0.109. The first-order valence-electron chi connectivity index (χ1n) is 27.0. The van der Waals surface area contributed by atoms with Crippen LogP contribution in [-0.4, -0.2) is 0 Å². The lowest BCUT2D eigenvalue weighted by Crippen LogP contribution is -2.17. The Balaban J connectivity index is 1.03. The van der Waals surface area contributed by atoms with Gasteiger partial charge in [0.2, 0.25) is 0 Å². The summed E-state index contributed by atoms with van der Waals surface area (Å²) in [6.45, 7) is 18.8. The Labute approximate surface area is 447 Å². The molecule has 2 heteroatoms. The summed E-state index contributed by atoms with van der Waals surface area (Å²) in [5.74, 6) is 0. The molecule has 0 N–H and O–H groups in total. The smallest absolute Gasteiger partial charge is 0.0540 e. The molecule has 0 heterocycles. The number of fused-ring (bicyclic) bond motifs is 6. The van der Waals surface area contributed by atoms with Crippen LogP contribution in [-0.2, 0) is 10.8 Å². The topological polar surface area (TPSA) is 6.48 Å². The van der Waals surface area contributed by atoms with E-state index in [-0.39, 0.29) is 10.8 Å². The summed E-state index contributed by atoms with van der Waals surface area (Å²) in [7, 11) is 0. The Bertz CT molecular complexity index is 4050. The molecule has 12 aromatic carbocycles. The molecule has 0 spiro atoms. The van der Waals surface area contributed by atoms with E-state index >= 15 is 0 Å². The number of anilines is 6. The molecule has 0 bridgehead atoms. The molecule has 0 radical (unpaired) electrons. The van der Waals surface area contributed by atoms with Crippen molar-refractivity contribution < 1.29 is 0 Å². The SMILES string of the molecule is Cc1ccc(-c2ccccc2)cc1N(c1ccc2c(c1C)-c1ccccc1C2(C)C)c1ccc2ccc3c(N(c4cc(-c5ccccc5)ccc4C)c4ccc5c(c4C)-c4ccccc4C5(C)C)ccc4ccc1c2c43.